The molecule has 0 aliphatic rings. The van der Waals surface area contributed by atoms with E-state index >= 15 is 0 Å². The molecular weight excluding hydrogens is 301 g/mol. The van der Waals surface area contributed by atoms with E-state index in [1.807, 2.05) is 0 Å². The molecule has 1 aromatic rings. The molecule has 1 rings (SSSR count). The van der Waals surface area contributed by atoms with Crippen LogP contribution in [0.4, 0.5) is 5.13 Å². The van der Waals surface area contributed by atoms with E-state index in [-0.39, 0.29) is 17.3 Å². The van der Waals surface area contributed by atoms with Crippen molar-refractivity contribution in [3.05, 3.63) is 11.1 Å². The SMILES string of the molecule is CCON=C(C(=O)Cl)c1csc(NC(=O)CCl)n1. The van der Waals surface area contributed by atoms with Crippen LogP contribution in [0.1, 0.15) is 12.6 Å². The van der Waals surface area contributed by atoms with Gasteiger partial charge in [0, 0.05) is 5.38 Å². The predicted octanol–water partition coefficient (Wildman–Crippen LogP) is 1.83. The summed E-state index contributed by atoms with van der Waals surface area (Å²) >= 11 is 11.8. The molecule has 6 nitrogen and oxygen atoms in total. The molecule has 9 heteroatoms. The van der Waals surface area contributed by atoms with Gasteiger partial charge in [0.15, 0.2) is 10.8 Å². The maximum atomic E-state index is 11.1. The average Bonchev–Trinajstić information content (AvgIpc) is 2.77. The van der Waals surface area contributed by atoms with Crippen LogP contribution in [0.25, 0.3) is 0 Å². The lowest BCUT2D eigenvalue weighted by Gasteiger charge is -1.98. The van der Waals surface area contributed by atoms with Gasteiger partial charge in [-0.1, -0.05) is 5.16 Å². The number of anilines is 1. The van der Waals surface area contributed by atoms with Gasteiger partial charge in [0.2, 0.25) is 5.91 Å². The van der Waals surface area contributed by atoms with Gasteiger partial charge in [0.1, 0.15) is 18.2 Å². The van der Waals surface area contributed by atoms with Gasteiger partial charge in [-0.05, 0) is 18.5 Å². The van der Waals surface area contributed by atoms with E-state index in [0.717, 1.165) is 11.3 Å². The average molecular weight is 310 g/mol. The van der Waals surface area contributed by atoms with E-state index < -0.39 is 11.1 Å². The van der Waals surface area contributed by atoms with Gasteiger partial charge in [-0.3, -0.25) is 9.59 Å². The molecule has 0 aliphatic carbocycles. The van der Waals surface area contributed by atoms with Gasteiger partial charge in [0.05, 0.1) is 0 Å². The summed E-state index contributed by atoms with van der Waals surface area (Å²) < 4.78 is 0. The van der Waals surface area contributed by atoms with Crippen molar-refractivity contribution in [1.29, 1.82) is 0 Å². The number of alkyl halides is 1. The minimum atomic E-state index is -0.788. The first-order valence-electron chi connectivity index (χ1n) is 4.80. The lowest BCUT2D eigenvalue weighted by molar-refractivity contribution is -0.114. The molecule has 0 radical (unpaired) electrons. The van der Waals surface area contributed by atoms with Gasteiger partial charge < -0.3 is 10.2 Å². The number of aromatic nitrogens is 1. The van der Waals surface area contributed by atoms with E-state index in [4.69, 9.17) is 28.0 Å². The summed E-state index contributed by atoms with van der Waals surface area (Å²) in [6.07, 6.45) is 0. The van der Waals surface area contributed by atoms with Crippen LogP contribution in [0.3, 0.4) is 0 Å². The molecule has 0 atom stereocenters. The standard InChI is InChI=1S/C9H9Cl2N3O3S/c1-2-17-14-7(8(11)16)5-4-18-9(12-5)13-6(15)3-10/h4H,2-3H2,1H3,(H,12,13,15). The molecule has 0 fully saturated rings. The van der Waals surface area contributed by atoms with Crippen molar-refractivity contribution >= 4 is 56.5 Å². The summed E-state index contributed by atoms with van der Waals surface area (Å²) in [5.41, 5.74) is 0.125. The first-order chi connectivity index (χ1) is 8.58. The molecule has 1 N–H and O–H groups in total. The fraction of sp³-hybridized carbons (Fsp3) is 0.333. The Labute approximate surface area is 117 Å². The lowest BCUT2D eigenvalue weighted by Crippen LogP contribution is -2.14. The first kappa shape index (κ1) is 14.9. The third kappa shape index (κ3) is 4.25. The Bertz CT molecular complexity index is 475. The Kier molecular flexibility index (Phi) is 6.03. The van der Waals surface area contributed by atoms with Crippen LogP contribution in [0, 0.1) is 0 Å². The topological polar surface area (TPSA) is 80.6 Å². The number of rotatable bonds is 6. The van der Waals surface area contributed by atoms with Crippen molar-refractivity contribution in [3.63, 3.8) is 0 Å². The van der Waals surface area contributed by atoms with Crippen LogP contribution in [0.5, 0.6) is 0 Å². The minimum Gasteiger partial charge on any atom is -0.395 e. The number of carbonyl (C=O) groups is 2. The molecule has 18 heavy (non-hydrogen) atoms. The van der Waals surface area contributed by atoms with Gasteiger partial charge >= 0.3 is 0 Å². The second-order valence-corrected chi connectivity index (χ2v) is 4.32. The van der Waals surface area contributed by atoms with E-state index in [9.17, 15) is 9.59 Å². The molecule has 0 unspecified atom stereocenters. The summed E-state index contributed by atoms with van der Waals surface area (Å²) in [6, 6.07) is 0. The van der Waals surface area contributed by atoms with Gasteiger partial charge in [-0.15, -0.1) is 22.9 Å². The zero-order chi connectivity index (χ0) is 13.5. The number of oxime groups is 1. The van der Waals surface area contributed by atoms with Crippen LogP contribution in [0.15, 0.2) is 10.5 Å². The summed E-state index contributed by atoms with van der Waals surface area (Å²) in [5.74, 6) is -0.568. The third-order valence-corrected chi connectivity index (χ3v) is 2.77. The number of thiazole rings is 1. The highest BCUT2D eigenvalue weighted by Gasteiger charge is 2.17. The molecule has 0 saturated heterocycles. The first-order valence-corrected chi connectivity index (χ1v) is 6.59. The fourth-order valence-corrected chi connectivity index (χ4v) is 1.81. The second-order valence-electron chi connectivity index (χ2n) is 2.85. The van der Waals surface area contributed by atoms with Crippen molar-refractivity contribution in [2.75, 3.05) is 17.8 Å². The van der Waals surface area contributed by atoms with E-state index in [0.29, 0.717) is 11.7 Å². The Hall–Kier alpha value is -1.18. The maximum Gasteiger partial charge on any atom is 0.276 e. The number of amides is 1. The number of nitrogens with zero attached hydrogens (tertiary/aromatic N) is 2. The van der Waals surface area contributed by atoms with Crippen LogP contribution in [0.2, 0.25) is 0 Å². The quantitative estimate of drug-likeness (QED) is 0.376. The largest absolute Gasteiger partial charge is 0.395 e. The van der Waals surface area contributed by atoms with Crippen molar-refractivity contribution in [2.24, 2.45) is 5.16 Å². The highest BCUT2D eigenvalue weighted by atomic mass is 35.5. The Morgan fingerprint density at radius 1 is 1.61 bits per heavy atom. The smallest absolute Gasteiger partial charge is 0.276 e. The molecule has 1 heterocycles. The Balaban J connectivity index is 2.88. The van der Waals surface area contributed by atoms with Crippen LogP contribution in [-0.4, -0.2) is 34.3 Å². The number of nitrogens with one attached hydrogen (secondary N) is 1. The highest BCUT2D eigenvalue weighted by Crippen LogP contribution is 2.17. The monoisotopic (exact) mass is 309 g/mol. The van der Waals surface area contributed by atoms with Gasteiger partial charge in [-0.25, -0.2) is 4.98 Å². The van der Waals surface area contributed by atoms with Crippen molar-refractivity contribution in [2.45, 2.75) is 6.92 Å². The van der Waals surface area contributed by atoms with E-state index in [2.05, 4.69) is 15.5 Å². The lowest BCUT2D eigenvalue weighted by atomic mass is 10.3. The molecule has 0 saturated carbocycles. The molecule has 1 amide bonds. The Morgan fingerprint density at radius 2 is 2.33 bits per heavy atom. The van der Waals surface area contributed by atoms with Crippen molar-refractivity contribution in [1.82, 2.24) is 4.98 Å². The number of halogens is 2. The summed E-state index contributed by atoms with van der Waals surface area (Å²) in [6.45, 7) is 2.01. The predicted molar refractivity (Wildman–Crippen MR) is 70.5 cm³/mol. The normalized spacial score (nSPS) is 11.2. The zero-order valence-electron chi connectivity index (χ0n) is 9.27. The summed E-state index contributed by atoms with van der Waals surface area (Å²) in [7, 11) is 0. The number of carbonyl (C=O) groups excluding carboxylic acids is 2. The van der Waals surface area contributed by atoms with Crippen LogP contribution >= 0.6 is 34.5 Å². The van der Waals surface area contributed by atoms with E-state index in [1.165, 1.54) is 5.38 Å². The zero-order valence-corrected chi connectivity index (χ0v) is 11.6. The summed E-state index contributed by atoms with van der Waals surface area (Å²) in [5, 5.41) is 7.06. The highest BCUT2D eigenvalue weighted by molar-refractivity contribution is 7.14. The minimum absolute atomic E-state index is 0.110. The van der Waals surface area contributed by atoms with Crippen LogP contribution < -0.4 is 5.32 Å². The molecule has 98 valence electrons. The molecule has 0 aromatic carbocycles. The molecule has 0 aliphatic heterocycles. The Morgan fingerprint density at radius 3 is 2.89 bits per heavy atom. The third-order valence-electron chi connectivity index (χ3n) is 1.59. The summed E-state index contributed by atoms with van der Waals surface area (Å²) in [4.78, 5) is 30.9. The number of hydrogen-bond donors (Lipinski definition) is 1. The van der Waals surface area contributed by atoms with Crippen molar-refractivity contribution < 1.29 is 14.4 Å². The van der Waals surface area contributed by atoms with Gasteiger partial charge in [-0.2, -0.15) is 0 Å². The number of hydrogen-bond acceptors (Lipinski definition) is 6. The molecule has 0 spiro atoms. The molecular formula is C9H9Cl2N3O3S. The van der Waals surface area contributed by atoms with Crippen LogP contribution in [-0.2, 0) is 14.4 Å². The molecule has 1 aromatic heterocycles. The van der Waals surface area contributed by atoms with Crippen molar-refractivity contribution in [3.8, 4) is 0 Å². The van der Waals surface area contributed by atoms with Gasteiger partial charge in [0.25, 0.3) is 5.24 Å². The molecule has 0 bridgehead atoms. The fourth-order valence-electron chi connectivity index (χ4n) is 0.905. The maximum absolute atomic E-state index is 11.1. The van der Waals surface area contributed by atoms with E-state index in [1.54, 1.807) is 6.92 Å². The second kappa shape index (κ2) is 7.30.